The second-order valence-electron chi connectivity index (χ2n) is 6.00. The van der Waals surface area contributed by atoms with Gasteiger partial charge in [0.25, 0.3) is 0 Å². The first-order valence-electron chi connectivity index (χ1n) is 8.36. The molecule has 0 aliphatic carbocycles. The fraction of sp³-hybridized carbons (Fsp3) is 0.400. The minimum atomic E-state index is -0.469. The maximum Gasteiger partial charge on any atom is 0.119 e. The van der Waals surface area contributed by atoms with Crippen molar-refractivity contribution in [3.05, 3.63) is 59.7 Å². The highest BCUT2D eigenvalue weighted by molar-refractivity contribution is 5.34. The molecule has 0 aliphatic heterocycles. The average molecular weight is 330 g/mol. The second-order valence-corrected chi connectivity index (χ2v) is 6.00. The highest BCUT2D eigenvalue weighted by Crippen LogP contribution is 2.18. The van der Waals surface area contributed by atoms with Gasteiger partial charge in [0.1, 0.15) is 24.7 Å². The zero-order valence-corrected chi connectivity index (χ0v) is 14.3. The van der Waals surface area contributed by atoms with Crippen molar-refractivity contribution in [3.8, 4) is 11.5 Å². The molecule has 0 aliphatic rings. The van der Waals surface area contributed by atoms with Crippen LogP contribution in [0.3, 0.4) is 0 Å². The Labute approximate surface area is 143 Å². The number of benzene rings is 2. The molecule has 0 fully saturated rings. The summed E-state index contributed by atoms with van der Waals surface area (Å²) in [6, 6.07) is 15.8. The zero-order valence-electron chi connectivity index (χ0n) is 14.3. The van der Waals surface area contributed by atoms with Crippen LogP contribution in [0.15, 0.2) is 48.5 Å². The average Bonchev–Trinajstić information content (AvgIpc) is 2.60. The highest BCUT2D eigenvalue weighted by Gasteiger charge is 2.03. The van der Waals surface area contributed by atoms with Gasteiger partial charge in [-0.25, -0.2) is 0 Å². The molecule has 2 aromatic carbocycles. The fourth-order valence-corrected chi connectivity index (χ4v) is 2.17. The quantitative estimate of drug-likeness (QED) is 0.741. The Kier molecular flexibility index (Phi) is 7.09. The van der Waals surface area contributed by atoms with Gasteiger partial charge in [-0.15, -0.1) is 0 Å². The summed E-state index contributed by atoms with van der Waals surface area (Å²) in [5.74, 6) is 1.53. The van der Waals surface area contributed by atoms with Crippen LogP contribution in [0.25, 0.3) is 0 Å². The first kappa shape index (κ1) is 18.3. The SMILES string of the molecule is CCC(O)COc1ccc(Cc2ccc(OCC(C)O)cc2)cc1. The molecule has 0 spiro atoms. The lowest BCUT2D eigenvalue weighted by Gasteiger charge is -2.11. The molecule has 0 saturated heterocycles. The van der Waals surface area contributed by atoms with E-state index in [0.29, 0.717) is 19.6 Å². The van der Waals surface area contributed by atoms with Crippen molar-refractivity contribution in [1.82, 2.24) is 0 Å². The number of aliphatic hydroxyl groups is 2. The third kappa shape index (κ3) is 6.22. The third-order valence-electron chi connectivity index (χ3n) is 3.66. The second kappa shape index (κ2) is 9.30. The number of rotatable bonds is 9. The normalized spacial score (nSPS) is 13.3. The van der Waals surface area contributed by atoms with E-state index in [1.807, 2.05) is 55.5 Å². The van der Waals surface area contributed by atoms with Crippen LogP contribution in [0.2, 0.25) is 0 Å². The first-order valence-corrected chi connectivity index (χ1v) is 8.36. The van der Waals surface area contributed by atoms with E-state index in [1.165, 1.54) is 11.1 Å². The molecule has 0 bridgehead atoms. The van der Waals surface area contributed by atoms with Crippen molar-refractivity contribution in [2.24, 2.45) is 0 Å². The summed E-state index contributed by atoms with van der Waals surface area (Å²) in [6.07, 6.45) is 0.631. The molecule has 130 valence electrons. The molecule has 0 saturated carbocycles. The van der Waals surface area contributed by atoms with Gasteiger partial charge in [0.2, 0.25) is 0 Å². The molecular formula is C20H26O4. The van der Waals surface area contributed by atoms with E-state index >= 15 is 0 Å². The Hall–Kier alpha value is -2.04. The van der Waals surface area contributed by atoms with Crippen LogP contribution in [0.4, 0.5) is 0 Å². The summed E-state index contributed by atoms with van der Waals surface area (Å²) in [4.78, 5) is 0. The van der Waals surface area contributed by atoms with E-state index in [2.05, 4.69) is 0 Å². The van der Waals surface area contributed by atoms with Gasteiger partial charge in [-0.2, -0.15) is 0 Å². The van der Waals surface area contributed by atoms with E-state index in [9.17, 15) is 10.2 Å². The Morgan fingerprint density at radius 3 is 1.67 bits per heavy atom. The third-order valence-corrected chi connectivity index (χ3v) is 3.66. The van der Waals surface area contributed by atoms with Crippen LogP contribution in [0.5, 0.6) is 11.5 Å². The molecule has 4 heteroatoms. The van der Waals surface area contributed by atoms with Crippen LogP contribution < -0.4 is 9.47 Å². The lowest BCUT2D eigenvalue weighted by atomic mass is 10.0. The zero-order chi connectivity index (χ0) is 17.4. The minimum absolute atomic E-state index is 0.299. The van der Waals surface area contributed by atoms with E-state index in [0.717, 1.165) is 17.9 Å². The number of ether oxygens (including phenoxy) is 2. The summed E-state index contributed by atoms with van der Waals surface area (Å²) in [7, 11) is 0. The molecule has 0 amide bonds. The minimum Gasteiger partial charge on any atom is -0.491 e. The van der Waals surface area contributed by atoms with Crippen molar-refractivity contribution >= 4 is 0 Å². The molecule has 2 rings (SSSR count). The maximum atomic E-state index is 9.51. The molecule has 2 aromatic rings. The number of hydrogen-bond acceptors (Lipinski definition) is 4. The van der Waals surface area contributed by atoms with Gasteiger partial charge in [0.15, 0.2) is 0 Å². The first-order chi connectivity index (χ1) is 11.6. The summed E-state index contributed by atoms with van der Waals surface area (Å²) < 4.78 is 11.0. The number of aliphatic hydroxyl groups excluding tert-OH is 2. The van der Waals surface area contributed by atoms with Crippen molar-refractivity contribution in [2.45, 2.75) is 38.9 Å². The fourth-order valence-electron chi connectivity index (χ4n) is 2.17. The smallest absolute Gasteiger partial charge is 0.119 e. The summed E-state index contributed by atoms with van der Waals surface area (Å²) in [5.41, 5.74) is 2.38. The van der Waals surface area contributed by atoms with E-state index in [4.69, 9.17) is 9.47 Å². The topological polar surface area (TPSA) is 58.9 Å². The molecule has 24 heavy (non-hydrogen) atoms. The van der Waals surface area contributed by atoms with Gasteiger partial charge in [-0.1, -0.05) is 31.2 Å². The summed E-state index contributed by atoms with van der Waals surface area (Å²) in [5, 5.41) is 18.7. The summed E-state index contributed by atoms with van der Waals surface area (Å²) >= 11 is 0. The van der Waals surface area contributed by atoms with Crippen LogP contribution in [-0.2, 0) is 6.42 Å². The van der Waals surface area contributed by atoms with E-state index in [1.54, 1.807) is 6.92 Å². The van der Waals surface area contributed by atoms with Gasteiger partial charge in [-0.05, 0) is 55.2 Å². The lowest BCUT2D eigenvalue weighted by molar-refractivity contribution is 0.104. The Bertz CT molecular complexity index is 590. The van der Waals surface area contributed by atoms with Crippen LogP contribution >= 0.6 is 0 Å². The summed E-state index contributed by atoms with van der Waals surface area (Å²) in [6.45, 7) is 4.25. The van der Waals surface area contributed by atoms with Gasteiger partial charge in [0.05, 0.1) is 12.2 Å². The van der Waals surface area contributed by atoms with Crippen LogP contribution in [0.1, 0.15) is 31.4 Å². The Balaban J connectivity index is 1.86. The van der Waals surface area contributed by atoms with Gasteiger partial charge in [0, 0.05) is 0 Å². The monoisotopic (exact) mass is 330 g/mol. The number of hydrogen-bond donors (Lipinski definition) is 2. The standard InChI is InChI=1S/C20H26O4/c1-3-18(22)14-24-20-10-6-17(7-11-20)12-16-4-8-19(9-5-16)23-13-15(2)21/h4-11,15,18,21-22H,3,12-14H2,1-2H3. The van der Waals surface area contributed by atoms with Crippen LogP contribution in [0, 0.1) is 0 Å². The molecule has 0 heterocycles. The van der Waals surface area contributed by atoms with Gasteiger partial charge in [-0.3, -0.25) is 0 Å². The Morgan fingerprint density at radius 1 is 0.792 bits per heavy atom. The van der Waals surface area contributed by atoms with Gasteiger partial charge >= 0.3 is 0 Å². The van der Waals surface area contributed by atoms with E-state index < -0.39 is 12.2 Å². The molecule has 2 N–H and O–H groups in total. The predicted molar refractivity (Wildman–Crippen MR) is 94.7 cm³/mol. The predicted octanol–water partition coefficient (Wildman–Crippen LogP) is 3.19. The Morgan fingerprint density at radius 2 is 1.25 bits per heavy atom. The largest absolute Gasteiger partial charge is 0.491 e. The molecule has 0 radical (unpaired) electrons. The highest BCUT2D eigenvalue weighted by atomic mass is 16.5. The molecular weight excluding hydrogens is 304 g/mol. The molecule has 0 aromatic heterocycles. The van der Waals surface area contributed by atoms with Gasteiger partial charge < -0.3 is 19.7 Å². The molecule has 2 atom stereocenters. The maximum absolute atomic E-state index is 9.51. The van der Waals surface area contributed by atoms with E-state index in [-0.39, 0.29) is 0 Å². The lowest BCUT2D eigenvalue weighted by Crippen LogP contribution is -2.15. The van der Waals surface area contributed by atoms with Crippen molar-refractivity contribution in [3.63, 3.8) is 0 Å². The van der Waals surface area contributed by atoms with Crippen LogP contribution in [-0.4, -0.2) is 35.6 Å². The molecule has 4 nitrogen and oxygen atoms in total. The molecule has 2 unspecified atom stereocenters. The van der Waals surface area contributed by atoms with Crippen molar-refractivity contribution in [2.75, 3.05) is 13.2 Å². The van der Waals surface area contributed by atoms with Crippen molar-refractivity contribution in [1.29, 1.82) is 0 Å². The van der Waals surface area contributed by atoms with Crippen molar-refractivity contribution < 1.29 is 19.7 Å².